The van der Waals surface area contributed by atoms with Gasteiger partial charge in [0.1, 0.15) is 0 Å². The van der Waals surface area contributed by atoms with Crippen LogP contribution in [0.4, 0.5) is 0 Å². The Balaban J connectivity index is 2.17. The number of rotatable bonds is 0. The predicted molar refractivity (Wildman–Crippen MR) is 11.8 cm³/mol. The van der Waals surface area contributed by atoms with Crippen LogP contribution < -0.4 is 0 Å². The van der Waals surface area contributed by atoms with Crippen molar-refractivity contribution in [2.24, 2.45) is 0 Å². The zero-order valence-electron chi connectivity index (χ0n) is 2.52. The summed E-state index contributed by atoms with van der Waals surface area (Å²) >= 11 is -0.292. The van der Waals surface area contributed by atoms with Crippen molar-refractivity contribution in [1.29, 1.82) is 0 Å². The predicted octanol–water partition coefficient (Wildman–Crippen LogP) is 0.555. The standard InChI is InChI=1S/CH2O.CH3.Cr/c1-2;;/h1H2;1H3;/q-1;;+1. The van der Waals surface area contributed by atoms with Gasteiger partial charge >= 0.3 is 29.5 Å². The minimum atomic E-state index is -0.292. The van der Waals surface area contributed by atoms with E-state index in [-0.39, 0.29) is 14.5 Å². The molecule has 0 amide bonds. The summed E-state index contributed by atoms with van der Waals surface area (Å²) in [5, 5.41) is 0. The van der Waals surface area contributed by atoms with Gasteiger partial charge in [-0.05, 0) is 0 Å². The first-order chi connectivity index (χ1) is 1.89. The summed E-state index contributed by atoms with van der Waals surface area (Å²) in [6.45, 7) is 0. The molecule has 0 saturated carbocycles. The monoisotopic (exact) mass is 97.0 g/mol. The molecule has 0 bridgehead atoms. The molecule has 0 N–H and O–H groups in total. The van der Waals surface area contributed by atoms with Crippen molar-refractivity contribution in [2.45, 2.75) is 5.79 Å². The third-order valence-corrected chi connectivity index (χ3v) is 1.46. The molecular weight excluding hydrogens is 92.0 g/mol. The Kier molecular flexibility index (Phi) is 0.488. The van der Waals surface area contributed by atoms with Crippen molar-refractivity contribution in [2.75, 3.05) is 5.47 Å². The zero-order valence-corrected chi connectivity index (χ0v) is 3.80. The van der Waals surface area contributed by atoms with E-state index in [4.69, 9.17) is 3.79 Å². The Bertz CT molecular complexity index is 25.2. The van der Waals surface area contributed by atoms with Gasteiger partial charge in [-0.2, -0.15) is 0 Å². The molecule has 0 aromatic heterocycles. The summed E-state index contributed by atoms with van der Waals surface area (Å²) in [5.41, 5.74) is 1.11. The molecule has 1 saturated heterocycles. The van der Waals surface area contributed by atoms with E-state index in [0.717, 1.165) is 5.47 Å². The van der Waals surface area contributed by atoms with E-state index in [9.17, 15) is 0 Å². The Morgan fingerprint density at radius 1 is 2.00 bits per heavy atom. The molecule has 0 unspecified atom stereocenters. The van der Waals surface area contributed by atoms with Crippen molar-refractivity contribution in [3.8, 4) is 0 Å². The van der Waals surface area contributed by atoms with Crippen LogP contribution in [-0.2, 0) is 18.3 Å². The Morgan fingerprint density at radius 2 is 2.25 bits per heavy atom. The van der Waals surface area contributed by atoms with Crippen molar-refractivity contribution >= 4 is 0 Å². The fourth-order valence-electron chi connectivity index (χ4n) is 0.0481. The summed E-state index contributed by atoms with van der Waals surface area (Å²) < 4.78 is 4.83. The van der Waals surface area contributed by atoms with E-state index in [1.54, 1.807) is 0 Å². The molecule has 0 atom stereocenters. The second-order valence-corrected chi connectivity index (χ2v) is 3.34. The van der Waals surface area contributed by atoms with Gasteiger partial charge in [0, 0.05) is 0 Å². The van der Waals surface area contributed by atoms with Gasteiger partial charge in [0.05, 0.1) is 0 Å². The van der Waals surface area contributed by atoms with Crippen molar-refractivity contribution < 1.29 is 18.3 Å². The summed E-state index contributed by atoms with van der Waals surface area (Å²) in [6, 6.07) is 0. The fraction of sp³-hybridized carbons (Fsp3) is 1.00. The van der Waals surface area contributed by atoms with Crippen LogP contribution in [0.5, 0.6) is 0 Å². The number of hydrogen-bond acceptors (Lipinski definition) is 1. The summed E-state index contributed by atoms with van der Waals surface area (Å²) in [5.74, 6) is 2.18. The minimum absolute atomic E-state index is 0.292. The van der Waals surface area contributed by atoms with Crippen LogP contribution >= 0.6 is 0 Å². The van der Waals surface area contributed by atoms with E-state index in [1.807, 2.05) is 0 Å². The summed E-state index contributed by atoms with van der Waals surface area (Å²) in [6.07, 6.45) is 0. The van der Waals surface area contributed by atoms with Gasteiger partial charge in [0.25, 0.3) is 0 Å². The van der Waals surface area contributed by atoms with E-state index >= 15 is 0 Å². The van der Waals surface area contributed by atoms with Crippen molar-refractivity contribution in [3.63, 3.8) is 0 Å². The molecule has 1 aliphatic rings. The third kappa shape index (κ3) is 0.455. The van der Waals surface area contributed by atoms with Crippen molar-refractivity contribution in [3.05, 3.63) is 0 Å². The first-order valence-electron chi connectivity index (χ1n) is 1.15. The van der Waals surface area contributed by atoms with E-state index in [2.05, 4.69) is 5.79 Å². The van der Waals surface area contributed by atoms with Gasteiger partial charge in [-0.1, -0.05) is 0 Å². The topological polar surface area (TPSA) is 12.5 Å². The average Bonchev–Trinajstić information content (AvgIpc) is 1.75. The molecule has 0 aliphatic carbocycles. The van der Waals surface area contributed by atoms with Crippen LogP contribution in [0.1, 0.15) is 0 Å². The van der Waals surface area contributed by atoms with Gasteiger partial charge in [0.2, 0.25) is 0 Å². The quantitative estimate of drug-likeness (QED) is 0.402. The van der Waals surface area contributed by atoms with Crippen LogP contribution in [-0.4, -0.2) is 5.47 Å². The summed E-state index contributed by atoms with van der Waals surface area (Å²) in [4.78, 5) is 0. The molecule has 0 aromatic carbocycles. The van der Waals surface area contributed by atoms with Crippen LogP contribution in [0.25, 0.3) is 0 Å². The fourth-order valence-corrected chi connectivity index (χ4v) is 0.818. The van der Waals surface area contributed by atoms with Gasteiger partial charge in [0.15, 0.2) is 0 Å². The van der Waals surface area contributed by atoms with Gasteiger partial charge in [-0.25, -0.2) is 0 Å². The molecular formula is C2H5CrO. The van der Waals surface area contributed by atoms with Gasteiger partial charge in [-0.15, -0.1) is 0 Å². The van der Waals surface area contributed by atoms with Crippen LogP contribution in [0.3, 0.4) is 0 Å². The van der Waals surface area contributed by atoms with Crippen LogP contribution in [0.15, 0.2) is 0 Å². The first kappa shape index (κ1) is 2.72. The van der Waals surface area contributed by atoms with E-state index < -0.39 is 0 Å². The maximum atomic E-state index is 4.83. The van der Waals surface area contributed by atoms with Crippen LogP contribution in [0, 0.1) is 0 Å². The molecule has 1 rings (SSSR count). The molecule has 1 heterocycles. The Hall–Kier alpha value is 0.492. The molecule has 4 heavy (non-hydrogen) atoms. The summed E-state index contributed by atoms with van der Waals surface area (Å²) in [7, 11) is 0. The molecule has 0 aromatic rings. The maximum absolute atomic E-state index is 4.83. The molecule has 1 aliphatic heterocycles. The number of hydrogen-bond donors (Lipinski definition) is 0. The SMILES string of the molecule is [CH3][Cr]1[CH2][O]1. The first-order valence-corrected chi connectivity index (χ1v) is 3.85. The van der Waals surface area contributed by atoms with E-state index in [0.29, 0.717) is 0 Å². The third-order valence-electron chi connectivity index (χ3n) is 0.354. The van der Waals surface area contributed by atoms with E-state index in [1.165, 1.54) is 0 Å². The molecule has 25 valence electrons. The second-order valence-electron chi connectivity index (χ2n) is 0.809. The van der Waals surface area contributed by atoms with Crippen LogP contribution in [0.2, 0.25) is 5.79 Å². The average molecular weight is 97.1 g/mol. The van der Waals surface area contributed by atoms with Gasteiger partial charge < -0.3 is 0 Å². The molecule has 2 heteroatoms. The molecule has 0 radical (unpaired) electrons. The Labute approximate surface area is 30.3 Å². The molecule has 0 spiro atoms. The zero-order chi connectivity index (χ0) is 2.99. The second kappa shape index (κ2) is 0.719. The van der Waals surface area contributed by atoms with Crippen molar-refractivity contribution in [1.82, 2.24) is 0 Å². The Morgan fingerprint density at radius 3 is 2.25 bits per heavy atom. The normalized spacial score (nSPS) is 26.2. The molecule has 1 fully saturated rings. The molecule has 1 nitrogen and oxygen atoms in total. The van der Waals surface area contributed by atoms with Gasteiger partial charge in [-0.3, -0.25) is 0 Å².